The average Bonchev–Trinajstić information content (AvgIpc) is 3.53. The van der Waals surface area contributed by atoms with Crippen LogP contribution in [-0.4, -0.2) is 34.5 Å². The van der Waals surface area contributed by atoms with Crippen LogP contribution in [0.3, 0.4) is 0 Å². The van der Waals surface area contributed by atoms with E-state index in [9.17, 15) is 0 Å². The van der Waals surface area contributed by atoms with E-state index in [1.807, 2.05) is 114 Å². The van der Waals surface area contributed by atoms with E-state index < -0.39 is 0 Å². The molecule has 9 nitrogen and oxygen atoms in total. The Bertz CT molecular complexity index is 2810. The van der Waals surface area contributed by atoms with E-state index in [1.54, 1.807) is 30.9 Å². The van der Waals surface area contributed by atoms with Gasteiger partial charge < -0.3 is 14.0 Å². The number of rotatable bonds is 7. The van der Waals surface area contributed by atoms with Crippen LogP contribution < -0.4 is 9.47 Å². The second kappa shape index (κ2) is 15.3. The molecule has 0 fully saturated rings. The summed E-state index contributed by atoms with van der Waals surface area (Å²) in [5, 5.41) is 1.86. The fourth-order valence-electron chi connectivity index (χ4n) is 6.32. The van der Waals surface area contributed by atoms with Gasteiger partial charge in [0.25, 0.3) is 0 Å². The monoisotopic (exact) mass is 893 g/mol. The van der Waals surface area contributed by atoms with Crippen molar-refractivity contribution in [3.05, 3.63) is 164 Å². The fourth-order valence-corrected chi connectivity index (χ4v) is 6.32. The molecule has 6 aromatic heterocycles. The molecule has 0 N–H and O–H groups in total. The van der Waals surface area contributed by atoms with Crippen LogP contribution in [0.4, 0.5) is 0 Å². The Kier molecular flexibility index (Phi) is 9.95. The van der Waals surface area contributed by atoms with Crippen molar-refractivity contribution >= 4 is 43.9 Å². The van der Waals surface area contributed by atoms with Crippen LogP contribution in [0.5, 0.6) is 23.0 Å². The van der Waals surface area contributed by atoms with Gasteiger partial charge in [0.05, 0.1) is 22.1 Å². The molecular weight excluding hydrogens is 871 g/mol. The third kappa shape index (κ3) is 6.99. The standard InChI is InChI=1S/C44H23N7O2.2Pd/c1-6-28(36-16-18-38-40(49-36)10-3-20-45-38)24-30(8-1)52-32-12-14-34-35-15-13-33(27-43(35)51(42(34)26-32)44-47-22-5-23-48-44)53-31-9-2-7-29(25-31)37-17-19-39-41(50-37)11-4-21-46-39;;/h1-23H;;/q-4;2*+2. The number of hydrogen-bond donors (Lipinski definition) is 0. The molecule has 266 valence electrons. The smallest absolute Gasteiger partial charge is 0.503 e. The first-order chi connectivity index (χ1) is 26.2. The van der Waals surface area contributed by atoms with Crippen molar-refractivity contribution in [1.82, 2.24) is 34.5 Å². The summed E-state index contributed by atoms with van der Waals surface area (Å²) in [6, 6.07) is 50.1. The zero-order valence-electron chi connectivity index (χ0n) is 28.4. The molecular formula is C44H23N7O2Pd2. The Hall–Kier alpha value is -6.20. The number of pyridine rings is 4. The maximum atomic E-state index is 6.34. The van der Waals surface area contributed by atoms with E-state index in [1.165, 1.54) is 0 Å². The van der Waals surface area contributed by atoms with E-state index in [4.69, 9.17) is 19.4 Å². The summed E-state index contributed by atoms with van der Waals surface area (Å²) >= 11 is 0. The first-order valence-electron chi connectivity index (χ1n) is 16.8. The van der Waals surface area contributed by atoms with Crippen molar-refractivity contribution in [2.75, 3.05) is 0 Å². The van der Waals surface area contributed by atoms with E-state index in [0.29, 0.717) is 28.9 Å². The summed E-state index contributed by atoms with van der Waals surface area (Å²) in [4.78, 5) is 27.4. The molecule has 11 heteroatoms. The molecule has 0 amide bonds. The molecule has 0 unspecified atom stereocenters. The van der Waals surface area contributed by atoms with Crippen LogP contribution in [0.25, 0.3) is 72.3 Å². The summed E-state index contributed by atoms with van der Waals surface area (Å²) in [6.45, 7) is 0. The number of nitrogens with zero attached hydrogens (tertiary/aromatic N) is 7. The van der Waals surface area contributed by atoms with Crippen molar-refractivity contribution in [3.8, 4) is 51.5 Å². The Morgan fingerprint density at radius 1 is 0.400 bits per heavy atom. The molecule has 0 bridgehead atoms. The largest absolute Gasteiger partial charge is 2.00 e. The average molecular weight is 895 g/mol. The maximum Gasteiger partial charge on any atom is 2.00 e. The van der Waals surface area contributed by atoms with Crippen LogP contribution in [0.15, 0.2) is 140 Å². The van der Waals surface area contributed by atoms with Gasteiger partial charge in [0.1, 0.15) is 0 Å². The normalized spacial score (nSPS) is 11.0. The van der Waals surface area contributed by atoms with Crippen LogP contribution in [0, 0.1) is 24.3 Å². The topological polar surface area (TPSA) is 101 Å². The van der Waals surface area contributed by atoms with Gasteiger partial charge in [-0.15, -0.1) is 71.8 Å². The number of ether oxygens (including phenoxy) is 2. The van der Waals surface area contributed by atoms with Gasteiger partial charge in [-0.3, -0.25) is 19.9 Å². The minimum absolute atomic E-state index is 0. The molecule has 0 radical (unpaired) electrons. The summed E-state index contributed by atoms with van der Waals surface area (Å²) in [5.74, 6) is 2.53. The van der Waals surface area contributed by atoms with E-state index >= 15 is 0 Å². The second-order valence-electron chi connectivity index (χ2n) is 12.1. The van der Waals surface area contributed by atoms with E-state index in [-0.39, 0.29) is 40.8 Å². The third-order valence-corrected chi connectivity index (χ3v) is 8.73. The Morgan fingerprint density at radius 2 is 0.873 bits per heavy atom. The van der Waals surface area contributed by atoms with Gasteiger partial charge in [-0.05, 0) is 53.9 Å². The fraction of sp³-hybridized carbons (Fsp3) is 0. The van der Waals surface area contributed by atoms with Crippen LogP contribution in [0.2, 0.25) is 0 Å². The van der Waals surface area contributed by atoms with Crippen molar-refractivity contribution in [3.63, 3.8) is 0 Å². The van der Waals surface area contributed by atoms with E-state index in [0.717, 1.165) is 66.4 Å². The Balaban J connectivity index is 0.00000214. The summed E-state index contributed by atoms with van der Waals surface area (Å²) in [5.41, 5.74) is 7.90. The molecule has 0 aliphatic heterocycles. The van der Waals surface area contributed by atoms with Gasteiger partial charge in [-0.25, -0.2) is 9.97 Å². The van der Waals surface area contributed by atoms with Crippen LogP contribution >= 0.6 is 0 Å². The predicted octanol–water partition coefficient (Wildman–Crippen LogP) is 9.57. The molecule has 6 heterocycles. The van der Waals surface area contributed by atoms with Crippen LogP contribution in [-0.2, 0) is 40.8 Å². The molecule has 10 aromatic rings. The SMILES string of the molecule is [Pd+2].[Pd+2].[c-]1c(Oc2[c-]c3c(cc2)c2ccc(Oc4[c-]c(-c5ccc6ncccc6n5)ccc4)[c-]c2n3-c2ncccn2)cccc1-c1ccc2ncccc2n1. The number of aromatic nitrogens is 7. The van der Waals surface area contributed by atoms with Gasteiger partial charge in [0.2, 0.25) is 5.95 Å². The quantitative estimate of drug-likeness (QED) is 0.115. The Labute approximate surface area is 342 Å². The molecule has 0 spiro atoms. The van der Waals surface area contributed by atoms with Gasteiger partial charge in [0, 0.05) is 47.8 Å². The maximum absolute atomic E-state index is 6.34. The number of hydrogen-bond acceptors (Lipinski definition) is 8. The minimum atomic E-state index is 0. The van der Waals surface area contributed by atoms with Gasteiger partial charge in [-0.2, -0.15) is 22.9 Å². The zero-order chi connectivity index (χ0) is 35.1. The molecule has 0 atom stereocenters. The number of fused-ring (bicyclic) bond motifs is 5. The molecule has 0 saturated heterocycles. The first kappa shape index (κ1) is 35.8. The summed E-state index contributed by atoms with van der Waals surface area (Å²) in [7, 11) is 0. The molecule has 55 heavy (non-hydrogen) atoms. The van der Waals surface area contributed by atoms with Crippen LogP contribution in [0.1, 0.15) is 0 Å². The predicted molar refractivity (Wildman–Crippen MR) is 202 cm³/mol. The van der Waals surface area contributed by atoms with Crippen molar-refractivity contribution in [1.29, 1.82) is 0 Å². The van der Waals surface area contributed by atoms with Gasteiger partial charge in [0.15, 0.2) is 0 Å². The van der Waals surface area contributed by atoms with Crippen molar-refractivity contribution < 1.29 is 50.3 Å². The summed E-state index contributed by atoms with van der Waals surface area (Å²) in [6.07, 6.45) is 6.92. The van der Waals surface area contributed by atoms with Gasteiger partial charge in [-0.1, -0.05) is 35.3 Å². The van der Waals surface area contributed by atoms with Crippen molar-refractivity contribution in [2.24, 2.45) is 0 Å². The zero-order valence-corrected chi connectivity index (χ0v) is 31.5. The minimum Gasteiger partial charge on any atom is -0.503 e. The molecule has 4 aromatic carbocycles. The van der Waals surface area contributed by atoms with E-state index in [2.05, 4.69) is 44.2 Å². The van der Waals surface area contributed by atoms with Gasteiger partial charge >= 0.3 is 40.8 Å². The second-order valence-corrected chi connectivity index (χ2v) is 12.1. The molecule has 0 aliphatic carbocycles. The molecule has 10 rings (SSSR count). The third-order valence-electron chi connectivity index (χ3n) is 8.73. The summed E-state index contributed by atoms with van der Waals surface area (Å²) < 4.78 is 14.6. The number of benzene rings is 4. The Morgan fingerprint density at radius 3 is 1.38 bits per heavy atom. The molecule has 0 aliphatic rings. The first-order valence-corrected chi connectivity index (χ1v) is 16.8. The van der Waals surface area contributed by atoms with Crippen molar-refractivity contribution in [2.45, 2.75) is 0 Å². The molecule has 0 saturated carbocycles.